The van der Waals surface area contributed by atoms with Gasteiger partial charge in [-0.2, -0.15) is 5.26 Å². The number of aromatic nitrogens is 1. The molecule has 3 N–H and O–H groups in total. The van der Waals surface area contributed by atoms with Crippen LogP contribution in [-0.2, 0) is 17.8 Å². The van der Waals surface area contributed by atoms with E-state index in [9.17, 15) is 28.7 Å². The van der Waals surface area contributed by atoms with Crippen molar-refractivity contribution in [2.45, 2.75) is 13.0 Å². The van der Waals surface area contributed by atoms with Gasteiger partial charge in [0.2, 0.25) is 5.91 Å². The highest BCUT2D eigenvalue weighted by atomic mass is 19.1. The standard InChI is InChI=1S/C19H13F2N3O3/c20-12-2-1-10(15(21)7-12)9-23-18(26)6-11-5-13-14(8-22)17(25)4-3-16(13)24-19(11)27/h1-5,7,25H,6,9H2,(H,23,26)(H,24,27). The van der Waals surface area contributed by atoms with Gasteiger partial charge in [-0.25, -0.2) is 8.78 Å². The first-order chi connectivity index (χ1) is 12.9. The molecule has 0 unspecified atom stereocenters. The molecule has 8 heteroatoms. The van der Waals surface area contributed by atoms with Gasteiger partial charge in [0.05, 0.1) is 6.42 Å². The molecule has 27 heavy (non-hydrogen) atoms. The molecule has 0 atom stereocenters. The monoisotopic (exact) mass is 369 g/mol. The molecule has 0 bridgehead atoms. The van der Waals surface area contributed by atoms with Crippen LogP contribution >= 0.6 is 0 Å². The Labute approximate surface area is 151 Å². The average molecular weight is 369 g/mol. The van der Waals surface area contributed by atoms with E-state index >= 15 is 0 Å². The third kappa shape index (κ3) is 3.77. The van der Waals surface area contributed by atoms with E-state index in [4.69, 9.17) is 0 Å². The molecule has 0 radical (unpaired) electrons. The number of carbonyl (C=O) groups is 1. The fraction of sp³-hybridized carbons (Fsp3) is 0.105. The topological polar surface area (TPSA) is 106 Å². The first-order valence-electron chi connectivity index (χ1n) is 7.87. The van der Waals surface area contributed by atoms with E-state index in [2.05, 4.69) is 10.3 Å². The van der Waals surface area contributed by atoms with E-state index in [1.807, 2.05) is 6.07 Å². The van der Waals surface area contributed by atoms with Crippen LogP contribution in [0.2, 0.25) is 0 Å². The van der Waals surface area contributed by atoms with Gasteiger partial charge >= 0.3 is 0 Å². The molecule has 0 fully saturated rings. The van der Waals surface area contributed by atoms with Gasteiger partial charge in [-0.05, 0) is 24.3 Å². The second kappa shape index (κ2) is 7.25. The number of hydrogen-bond acceptors (Lipinski definition) is 4. The summed E-state index contributed by atoms with van der Waals surface area (Å²) in [4.78, 5) is 26.8. The van der Waals surface area contributed by atoms with Crippen molar-refractivity contribution >= 4 is 16.8 Å². The fourth-order valence-electron chi connectivity index (χ4n) is 2.65. The van der Waals surface area contributed by atoms with E-state index in [1.54, 1.807) is 0 Å². The number of benzene rings is 2. The lowest BCUT2D eigenvalue weighted by Gasteiger charge is -2.08. The summed E-state index contributed by atoms with van der Waals surface area (Å²) < 4.78 is 26.5. The van der Waals surface area contributed by atoms with Crippen LogP contribution < -0.4 is 10.9 Å². The third-order valence-electron chi connectivity index (χ3n) is 4.04. The first-order valence-corrected chi connectivity index (χ1v) is 7.87. The number of amides is 1. The summed E-state index contributed by atoms with van der Waals surface area (Å²) in [5.74, 6) is -2.30. The van der Waals surface area contributed by atoms with Gasteiger partial charge in [0.1, 0.15) is 29.0 Å². The normalized spacial score (nSPS) is 10.6. The second-order valence-electron chi connectivity index (χ2n) is 5.85. The molecule has 2 aromatic carbocycles. The Kier molecular flexibility index (Phi) is 4.86. The van der Waals surface area contributed by atoms with Crippen molar-refractivity contribution in [2.24, 2.45) is 0 Å². The molecular formula is C19H13F2N3O3. The van der Waals surface area contributed by atoms with Crippen molar-refractivity contribution in [1.29, 1.82) is 5.26 Å². The van der Waals surface area contributed by atoms with E-state index in [-0.39, 0.29) is 35.4 Å². The molecule has 1 amide bonds. The van der Waals surface area contributed by atoms with Gasteiger partial charge in [-0.1, -0.05) is 6.07 Å². The number of rotatable bonds is 4. The molecule has 0 aliphatic heterocycles. The van der Waals surface area contributed by atoms with Crippen molar-refractivity contribution in [2.75, 3.05) is 0 Å². The van der Waals surface area contributed by atoms with Crippen LogP contribution in [-0.4, -0.2) is 16.0 Å². The number of carbonyl (C=O) groups excluding carboxylic acids is 1. The molecule has 0 saturated carbocycles. The van der Waals surface area contributed by atoms with Gasteiger partial charge in [0.15, 0.2) is 0 Å². The summed E-state index contributed by atoms with van der Waals surface area (Å²) in [6, 6.07) is 8.97. The molecule has 0 aliphatic carbocycles. The lowest BCUT2D eigenvalue weighted by molar-refractivity contribution is -0.120. The molecule has 0 aliphatic rings. The number of pyridine rings is 1. The summed E-state index contributed by atoms with van der Waals surface area (Å²) >= 11 is 0. The van der Waals surface area contributed by atoms with Gasteiger partial charge in [0.25, 0.3) is 5.56 Å². The number of phenolic OH excluding ortho intramolecular Hbond substituents is 1. The fourth-order valence-corrected chi connectivity index (χ4v) is 2.65. The SMILES string of the molecule is N#Cc1c(O)ccc2[nH]c(=O)c(CC(=O)NCc3ccc(F)cc3F)cc12. The molecular weight excluding hydrogens is 356 g/mol. The Hall–Kier alpha value is -3.73. The first kappa shape index (κ1) is 18.1. The molecule has 136 valence electrons. The number of hydrogen-bond donors (Lipinski definition) is 3. The number of nitrogens with zero attached hydrogens (tertiary/aromatic N) is 1. The summed E-state index contributed by atoms with van der Waals surface area (Å²) in [5.41, 5.74) is 0.0152. The molecule has 1 aromatic heterocycles. The summed E-state index contributed by atoms with van der Waals surface area (Å²) in [6.07, 6.45) is -0.311. The van der Waals surface area contributed by atoms with Crippen LogP contribution in [0.25, 0.3) is 10.9 Å². The van der Waals surface area contributed by atoms with Crippen molar-refractivity contribution in [3.63, 3.8) is 0 Å². The lowest BCUT2D eigenvalue weighted by atomic mass is 10.0. The minimum Gasteiger partial charge on any atom is -0.507 e. The van der Waals surface area contributed by atoms with Crippen LogP contribution in [0, 0.1) is 23.0 Å². The Morgan fingerprint density at radius 3 is 2.67 bits per heavy atom. The number of halogens is 2. The Morgan fingerprint density at radius 1 is 1.19 bits per heavy atom. The highest BCUT2D eigenvalue weighted by Crippen LogP contribution is 2.25. The zero-order chi connectivity index (χ0) is 19.6. The number of nitriles is 1. The van der Waals surface area contributed by atoms with Crippen molar-refractivity contribution in [3.05, 3.63) is 75.1 Å². The van der Waals surface area contributed by atoms with Gasteiger partial charge in [-0.15, -0.1) is 0 Å². The maximum absolute atomic E-state index is 13.6. The van der Waals surface area contributed by atoms with E-state index in [1.165, 1.54) is 24.3 Å². The number of aromatic amines is 1. The zero-order valence-corrected chi connectivity index (χ0v) is 13.8. The maximum atomic E-state index is 13.6. The van der Waals surface area contributed by atoms with Gasteiger partial charge < -0.3 is 15.4 Å². The summed E-state index contributed by atoms with van der Waals surface area (Å²) in [6.45, 7) is -0.166. The summed E-state index contributed by atoms with van der Waals surface area (Å²) in [7, 11) is 0. The molecule has 3 rings (SSSR count). The van der Waals surface area contributed by atoms with Gasteiger partial charge in [0, 0.05) is 34.6 Å². The Balaban J connectivity index is 1.81. The van der Waals surface area contributed by atoms with Gasteiger partial charge in [-0.3, -0.25) is 9.59 Å². The van der Waals surface area contributed by atoms with Crippen LogP contribution in [0.15, 0.2) is 41.2 Å². The predicted molar refractivity (Wildman–Crippen MR) is 92.9 cm³/mol. The van der Waals surface area contributed by atoms with Crippen LogP contribution in [0.3, 0.4) is 0 Å². The molecule has 3 aromatic rings. The number of aromatic hydroxyl groups is 1. The number of nitrogens with one attached hydrogen (secondary N) is 2. The quantitative estimate of drug-likeness (QED) is 0.656. The summed E-state index contributed by atoms with van der Waals surface area (Å²) in [5, 5.41) is 21.7. The smallest absolute Gasteiger partial charge is 0.252 e. The molecule has 0 saturated heterocycles. The lowest BCUT2D eigenvalue weighted by Crippen LogP contribution is -2.27. The number of H-pyrrole nitrogens is 1. The van der Waals surface area contributed by atoms with E-state index < -0.39 is 23.1 Å². The minimum absolute atomic E-state index is 0.0150. The van der Waals surface area contributed by atoms with Crippen LogP contribution in [0.4, 0.5) is 8.78 Å². The van der Waals surface area contributed by atoms with Crippen molar-refractivity contribution < 1.29 is 18.7 Å². The largest absolute Gasteiger partial charge is 0.507 e. The predicted octanol–water partition coefficient (Wildman–Crippen LogP) is 2.24. The van der Waals surface area contributed by atoms with E-state index in [0.29, 0.717) is 17.0 Å². The van der Waals surface area contributed by atoms with Crippen molar-refractivity contribution in [3.8, 4) is 11.8 Å². The third-order valence-corrected chi connectivity index (χ3v) is 4.04. The van der Waals surface area contributed by atoms with Crippen LogP contribution in [0.1, 0.15) is 16.7 Å². The molecule has 1 heterocycles. The Bertz CT molecular complexity index is 1150. The number of phenols is 1. The van der Waals surface area contributed by atoms with Crippen LogP contribution in [0.5, 0.6) is 5.75 Å². The number of fused-ring (bicyclic) bond motifs is 1. The molecule has 6 nitrogen and oxygen atoms in total. The Morgan fingerprint density at radius 2 is 1.96 bits per heavy atom. The molecule has 0 spiro atoms. The average Bonchev–Trinajstić information content (AvgIpc) is 2.62. The maximum Gasteiger partial charge on any atom is 0.252 e. The highest BCUT2D eigenvalue weighted by molar-refractivity contribution is 5.88. The van der Waals surface area contributed by atoms with E-state index in [0.717, 1.165) is 6.07 Å². The minimum atomic E-state index is -0.784. The highest BCUT2D eigenvalue weighted by Gasteiger charge is 2.13. The zero-order valence-electron chi connectivity index (χ0n) is 13.8. The second-order valence-corrected chi connectivity index (χ2v) is 5.85. The van der Waals surface area contributed by atoms with Crippen molar-refractivity contribution in [1.82, 2.24) is 10.3 Å².